The Hall–Kier alpha value is -3.66. The average Bonchev–Trinajstić information content (AvgIpc) is 3.20. The third-order valence-electron chi connectivity index (χ3n) is 8.27. The molecule has 19 heteroatoms. The zero-order chi connectivity index (χ0) is 42.4. The summed E-state index contributed by atoms with van der Waals surface area (Å²) in [6.07, 6.45) is 0. The number of nitrogens with one attached hydrogen (secondary N) is 1. The molecule has 0 bridgehead atoms. The Bertz CT molecular complexity index is 2050. The summed E-state index contributed by atoms with van der Waals surface area (Å²) >= 11 is 15.5. The molecule has 4 aliphatic rings. The monoisotopic (exact) mass is 1100 g/mol. The third kappa shape index (κ3) is 12.4. The minimum atomic E-state index is -0.111. The van der Waals surface area contributed by atoms with E-state index in [-0.39, 0.29) is 50.1 Å². The van der Waals surface area contributed by atoms with E-state index in [2.05, 4.69) is 100 Å². The summed E-state index contributed by atoms with van der Waals surface area (Å²) in [5, 5.41) is 2.71. The van der Waals surface area contributed by atoms with E-state index < -0.39 is 0 Å². The summed E-state index contributed by atoms with van der Waals surface area (Å²) in [6.45, 7) is 4.42. The molecule has 8 rings (SSSR count). The number of thiol groups is 1. The molecule has 301 valence electrons. The van der Waals surface area contributed by atoms with E-state index >= 15 is 0 Å². The molecule has 0 aromatic heterocycles. The number of likely N-dealkylation sites (N-methyl/N-ethyl adjacent to an activating group) is 3. The Kier molecular flexibility index (Phi) is 19.3. The Morgan fingerprint density at radius 3 is 1.60 bits per heavy atom. The van der Waals surface area contributed by atoms with Crippen LogP contribution >= 0.6 is 83.2 Å². The number of alkyl halides is 1. The fraction of sp³-hybridized carbons (Fsp3) is 0.263. The molecule has 4 heterocycles. The molecule has 4 aliphatic heterocycles. The first-order valence-electron chi connectivity index (χ1n) is 16.7. The Morgan fingerprint density at radius 2 is 1.04 bits per heavy atom. The van der Waals surface area contributed by atoms with Crippen molar-refractivity contribution >= 4 is 137 Å². The zero-order valence-electron chi connectivity index (χ0n) is 31.8. The normalized spacial score (nSPS) is 14.0. The standard InChI is InChI=1S/C10H10BrNO2.C10H11NO2.C9H8BrNO2.C8H6BrNO2.CH3I.BHNS/c1-6-7(11)3-4-8-10(6)14-5-9(13)12(8)2;1-7-4-3-5-8-10(7)13-6-9(12)11(8)2;1-11-7-4-2-3-6(10)9(7)13-5-8(11)12;9-5-2-1-3-6-8(5)12-4-7(11)10-6;1-2;1-2-3/h3-4H,5H2,1-2H3;3-5H,6H2,1-2H3;2-4H,5H2,1H3;1-3H,4H2,(H,10,11);1H3;3H. The van der Waals surface area contributed by atoms with Crippen molar-refractivity contribution in [2.45, 2.75) is 13.8 Å². The number of hydrogen-bond acceptors (Lipinski definition) is 10. The predicted octanol–water partition coefficient (Wildman–Crippen LogP) is 8.28. The van der Waals surface area contributed by atoms with Gasteiger partial charge in [0.25, 0.3) is 23.6 Å². The quantitative estimate of drug-likeness (QED) is 0.0777. The number of aryl methyl sites for hydroxylation is 1. The number of hydrogen-bond donors (Lipinski definition) is 2. The molecule has 0 atom stereocenters. The summed E-state index contributed by atoms with van der Waals surface area (Å²) in [6, 6.07) is 20.7. The van der Waals surface area contributed by atoms with Crippen LogP contribution in [0.4, 0.5) is 22.7 Å². The van der Waals surface area contributed by atoms with Crippen LogP contribution in [0.5, 0.6) is 23.0 Å². The number of benzene rings is 4. The van der Waals surface area contributed by atoms with Crippen molar-refractivity contribution in [3.8, 4) is 23.0 Å². The van der Waals surface area contributed by atoms with Crippen molar-refractivity contribution in [3.05, 3.63) is 91.3 Å². The van der Waals surface area contributed by atoms with Gasteiger partial charge in [-0.3, -0.25) is 19.2 Å². The number of nitrogens with zero attached hydrogens (tertiary/aromatic N) is 4. The Labute approximate surface area is 377 Å². The van der Waals surface area contributed by atoms with Crippen LogP contribution in [-0.4, -0.2) is 83.8 Å². The van der Waals surface area contributed by atoms with E-state index in [9.17, 15) is 19.2 Å². The van der Waals surface area contributed by atoms with Gasteiger partial charge in [0.05, 0.1) is 31.7 Å². The minimum absolute atomic E-state index is 0.00176. The Balaban J connectivity index is 0.000000196. The van der Waals surface area contributed by atoms with Gasteiger partial charge in [0.1, 0.15) is 11.5 Å². The molecule has 57 heavy (non-hydrogen) atoms. The molecule has 4 aromatic rings. The second-order valence-electron chi connectivity index (χ2n) is 11.8. The average molecular weight is 1100 g/mol. The molecule has 0 saturated carbocycles. The van der Waals surface area contributed by atoms with E-state index in [0.29, 0.717) is 5.75 Å². The number of halogens is 4. The van der Waals surface area contributed by atoms with Crippen molar-refractivity contribution < 1.29 is 38.1 Å². The molecule has 1 N–H and O–H groups in total. The van der Waals surface area contributed by atoms with Gasteiger partial charge in [0.2, 0.25) is 0 Å². The molecule has 0 spiro atoms. The van der Waals surface area contributed by atoms with Crippen LogP contribution in [0.3, 0.4) is 0 Å². The van der Waals surface area contributed by atoms with Gasteiger partial charge in [-0.25, -0.2) is 0 Å². The maximum absolute atomic E-state index is 11.3. The number of fused-ring (bicyclic) bond motifs is 4. The van der Waals surface area contributed by atoms with Crippen molar-refractivity contribution in [1.82, 2.24) is 0 Å². The summed E-state index contributed by atoms with van der Waals surface area (Å²) in [7, 11) is 9.61. The number of carbonyl (C=O) groups is 4. The second kappa shape index (κ2) is 23.1. The van der Waals surface area contributed by atoms with Crippen LogP contribution in [0.25, 0.3) is 0 Å². The molecule has 0 saturated heterocycles. The molecule has 4 aromatic carbocycles. The SMILES string of the molecule is CI.CN1C(=O)COc2c(Br)cccc21.Cc1c(Br)ccc2c1OCC(=O)N2C.Cc1cccc2c1OCC(=O)N2C.O=C1COc2c(Br)cccc2N1.[B]=NS. The number of para-hydroxylation sites is 3. The number of ether oxygens (including phenoxy) is 4. The van der Waals surface area contributed by atoms with Crippen LogP contribution in [0.2, 0.25) is 0 Å². The van der Waals surface area contributed by atoms with Crippen molar-refractivity contribution in [2.75, 3.05) is 72.5 Å². The fourth-order valence-electron chi connectivity index (χ4n) is 5.27. The van der Waals surface area contributed by atoms with Gasteiger partial charge in [0.15, 0.2) is 37.9 Å². The van der Waals surface area contributed by atoms with Gasteiger partial charge in [-0.1, -0.05) is 62.8 Å². The van der Waals surface area contributed by atoms with Crippen molar-refractivity contribution in [1.29, 1.82) is 0 Å². The molecular formula is C38H39BBr3IN5O8S. The molecule has 0 aliphatic carbocycles. The maximum atomic E-state index is 11.3. The van der Waals surface area contributed by atoms with Gasteiger partial charge in [-0.05, 0) is 98.7 Å². The molecule has 0 unspecified atom stereocenters. The van der Waals surface area contributed by atoms with E-state index in [1.807, 2.05) is 79.4 Å². The van der Waals surface area contributed by atoms with Gasteiger partial charge >= 0.3 is 24.8 Å². The third-order valence-corrected chi connectivity index (χ3v) is 10.4. The van der Waals surface area contributed by atoms with Crippen LogP contribution in [-0.2, 0) is 19.2 Å². The second-order valence-corrected chi connectivity index (χ2v) is 14.6. The van der Waals surface area contributed by atoms with Gasteiger partial charge < -0.3 is 39.0 Å². The predicted molar refractivity (Wildman–Crippen MR) is 246 cm³/mol. The number of anilines is 4. The number of rotatable bonds is 0. The summed E-state index contributed by atoms with van der Waals surface area (Å²) in [5.74, 6) is 2.91. The van der Waals surface area contributed by atoms with Crippen LogP contribution < -0.4 is 39.0 Å². The zero-order valence-corrected chi connectivity index (χ0v) is 39.6. The first kappa shape index (κ1) is 47.7. The topological polar surface area (TPSA) is 139 Å². The van der Waals surface area contributed by atoms with Crippen LogP contribution in [0, 0.1) is 13.8 Å². The Morgan fingerprint density at radius 1 is 0.614 bits per heavy atom. The first-order valence-corrected chi connectivity index (χ1v) is 21.6. The van der Waals surface area contributed by atoms with Crippen LogP contribution in [0.15, 0.2) is 84.4 Å². The molecule has 13 nitrogen and oxygen atoms in total. The summed E-state index contributed by atoms with van der Waals surface area (Å²) < 4.78 is 26.7. The van der Waals surface area contributed by atoms with E-state index in [0.717, 1.165) is 64.5 Å². The first-order chi connectivity index (χ1) is 27.2. The molecule has 4 amide bonds. The van der Waals surface area contributed by atoms with Gasteiger partial charge in [-0.2, -0.15) is 0 Å². The van der Waals surface area contributed by atoms with E-state index in [1.54, 1.807) is 41.9 Å². The molecule has 1 radical (unpaired) electrons. The van der Waals surface area contributed by atoms with E-state index in [4.69, 9.17) is 18.9 Å². The van der Waals surface area contributed by atoms with Crippen LogP contribution in [0.1, 0.15) is 11.1 Å². The van der Waals surface area contributed by atoms with Crippen molar-refractivity contribution in [3.63, 3.8) is 0 Å². The number of carbonyl (C=O) groups excluding carboxylic acids is 4. The molecule has 0 fully saturated rings. The fourth-order valence-corrected chi connectivity index (χ4v) is 6.53. The number of amides is 4. The van der Waals surface area contributed by atoms with E-state index in [1.165, 1.54) is 0 Å². The van der Waals surface area contributed by atoms with Crippen molar-refractivity contribution in [2.24, 2.45) is 4.30 Å². The molecular weight excluding hydrogens is 1060 g/mol. The van der Waals surface area contributed by atoms with Gasteiger partial charge in [0, 0.05) is 31.2 Å². The summed E-state index contributed by atoms with van der Waals surface area (Å²) in [5.41, 5.74) is 5.32. The van der Waals surface area contributed by atoms with Gasteiger partial charge in [-0.15, -0.1) is 0 Å². The summed E-state index contributed by atoms with van der Waals surface area (Å²) in [4.78, 5) is 51.6.